The van der Waals surface area contributed by atoms with Gasteiger partial charge in [0.2, 0.25) is 0 Å². The molecule has 1 fully saturated rings. The molecule has 0 saturated carbocycles. The van der Waals surface area contributed by atoms with Crippen molar-refractivity contribution in [3.8, 4) is 0 Å². The summed E-state index contributed by atoms with van der Waals surface area (Å²) in [6.45, 7) is 2.96. The van der Waals surface area contributed by atoms with Gasteiger partial charge in [-0.15, -0.1) is 11.3 Å². The summed E-state index contributed by atoms with van der Waals surface area (Å²) >= 11 is 7.91. The first-order chi connectivity index (χ1) is 10.2. The van der Waals surface area contributed by atoms with Crippen LogP contribution in [0.15, 0.2) is 22.9 Å². The second kappa shape index (κ2) is 5.09. The van der Waals surface area contributed by atoms with E-state index in [9.17, 15) is 0 Å². The molecule has 0 amide bonds. The zero-order valence-electron chi connectivity index (χ0n) is 11.8. The van der Waals surface area contributed by atoms with Crippen LogP contribution in [0, 0.1) is 0 Å². The maximum absolute atomic E-state index is 6.30. The Kier molecular flexibility index (Phi) is 3.34. The highest BCUT2D eigenvalue weighted by Crippen LogP contribution is 2.49. The number of halogens is 1. The van der Waals surface area contributed by atoms with Gasteiger partial charge in [-0.3, -0.25) is 0 Å². The quantitative estimate of drug-likeness (QED) is 0.869. The first-order valence-electron chi connectivity index (χ1n) is 7.25. The third-order valence-corrected chi connectivity index (χ3v) is 5.90. The molecule has 1 saturated heterocycles. The molecule has 2 aliphatic rings. The average molecular weight is 325 g/mol. The standard InChI is InChI=1S/C15H17ClN2O2S/c1-9-7-15(8-12(17-9)11-3-5-20-18-11)14-10(2-4-19-15)6-13(16)21-14/h3,5-6,9,12,17H,2,4,7-8H2,1H3/t9-,12-,15-/m0/s1. The van der Waals surface area contributed by atoms with Crippen LogP contribution in [-0.2, 0) is 16.8 Å². The van der Waals surface area contributed by atoms with Gasteiger partial charge < -0.3 is 14.6 Å². The highest BCUT2D eigenvalue weighted by Gasteiger charge is 2.46. The second-order valence-corrected chi connectivity index (χ2v) is 7.63. The molecule has 0 bridgehead atoms. The van der Waals surface area contributed by atoms with Gasteiger partial charge in [0.1, 0.15) is 17.6 Å². The van der Waals surface area contributed by atoms with Crippen LogP contribution >= 0.6 is 22.9 Å². The Balaban J connectivity index is 1.73. The number of nitrogens with zero attached hydrogens (tertiary/aromatic N) is 1. The van der Waals surface area contributed by atoms with Crippen LogP contribution < -0.4 is 5.32 Å². The predicted octanol–water partition coefficient (Wildman–Crippen LogP) is 3.67. The van der Waals surface area contributed by atoms with Gasteiger partial charge >= 0.3 is 0 Å². The highest BCUT2D eigenvalue weighted by atomic mass is 35.5. The molecule has 0 radical (unpaired) electrons. The monoisotopic (exact) mass is 324 g/mol. The van der Waals surface area contributed by atoms with Gasteiger partial charge in [-0.05, 0) is 31.4 Å². The van der Waals surface area contributed by atoms with E-state index < -0.39 is 0 Å². The Morgan fingerprint density at radius 1 is 1.48 bits per heavy atom. The summed E-state index contributed by atoms with van der Waals surface area (Å²) in [5, 5.41) is 7.69. The van der Waals surface area contributed by atoms with Gasteiger partial charge in [-0.1, -0.05) is 16.8 Å². The summed E-state index contributed by atoms with van der Waals surface area (Å²) in [6.07, 6.45) is 4.41. The lowest BCUT2D eigenvalue weighted by Gasteiger charge is -2.45. The minimum absolute atomic E-state index is 0.152. The van der Waals surface area contributed by atoms with Gasteiger partial charge in [0, 0.05) is 23.4 Å². The molecule has 2 aromatic rings. The van der Waals surface area contributed by atoms with Crippen LogP contribution in [0.1, 0.15) is 41.9 Å². The van der Waals surface area contributed by atoms with Gasteiger partial charge in [0.15, 0.2) is 0 Å². The lowest BCUT2D eigenvalue weighted by Crippen LogP contribution is -2.49. The van der Waals surface area contributed by atoms with Crippen molar-refractivity contribution in [3.63, 3.8) is 0 Å². The molecule has 1 N–H and O–H groups in total. The van der Waals surface area contributed by atoms with Crippen molar-refractivity contribution in [2.75, 3.05) is 6.61 Å². The molecule has 6 heteroatoms. The molecule has 2 aliphatic heterocycles. The molecule has 1 spiro atoms. The third-order valence-electron chi connectivity index (χ3n) is 4.41. The third kappa shape index (κ3) is 2.32. The van der Waals surface area contributed by atoms with Gasteiger partial charge in [-0.25, -0.2) is 0 Å². The Morgan fingerprint density at radius 2 is 2.38 bits per heavy atom. The lowest BCUT2D eigenvalue weighted by atomic mass is 9.79. The summed E-state index contributed by atoms with van der Waals surface area (Å²) in [5.41, 5.74) is 2.06. The molecule has 4 nitrogen and oxygen atoms in total. The number of hydrogen-bond donors (Lipinski definition) is 1. The smallest absolute Gasteiger partial charge is 0.124 e. The predicted molar refractivity (Wildman–Crippen MR) is 81.7 cm³/mol. The van der Waals surface area contributed by atoms with E-state index in [0.29, 0.717) is 6.04 Å². The fourth-order valence-electron chi connectivity index (χ4n) is 3.65. The first kappa shape index (κ1) is 13.8. The first-order valence-corrected chi connectivity index (χ1v) is 8.45. The number of nitrogens with one attached hydrogen (secondary N) is 1. The summed E-state index contributed by atoms with van der Waals surface area (Å²) in [5.74, 6) is 0. The minimum atomic E-state index is -0.236. The fourth-order valence-corrected chi connectivity index (χ4v) is 5.12. The Labute approximate surface area is 132 Å². The van der Waals surface area contributed by atoms with Crippen LogP contribution in [-0.4, -0.2) is 17.8 Å². The van der Waals surface area contributed by atoms with E-state index in [1.165, 1.54) is 10.4 Å². The molecular formula is C15H17ClN2O2S. The molecule has 0 aliphatic carbocycles. The summed E-state index contributed by atoms with van der Waals surface area (Å²) in [4.78, 5) is 1.31. The number of fused-ring (bicyclic) bond motifs is 2. The van der Waals surface area contributed by atoms with Crippen LogP contribution in [0.4, 0.5) is 0 Å². The van der Waals surface area contributed by atoms with E-state index in [0.717, 1.165) is 35.9 Å². The van der Waals surface area contributed by atoms with E-state index in [1.54, 1.807) is 17.6 Å². The number of piperidine rings is 1. The molecule has 0 unspecified atom stereocenters. The van der Waals surface area contributed by atoms with Crippen molar-refractivity contribution in [2.45, 2.75) is 43.9 Å². The summed E-state index contributed by atoms with van der Waals surface area (Å²) < 4.78 is 12.2. The SMILES string of the molecule is C[C@H]1C[C@@]2(C[C@@H](c3ccon3)N1)OCCc1cc(Cl)sc12. The molecule has 4 rings (SSSR count). The molecular weight excluding hydrogens is 308 g/mol. The topological polar surface area (TPSA) is 47.3 Å². The van der Waals surface area contributed by atoms with Crippen molar-refractivity contribution in [1.29, 1.82) is 0 Å². The highest BCUT2D eigenvalue weighted by molar-refractivity contribution is 7.16. The maximum Gasteiger partial charge on any atom is 0.124 e. The van der Waals surface area contributed by atoms with Crippen molar-refractivity contribution in [1.82, 2.24) is 10.5 Å². The zero-order valence-corrected chi connectivity index (χ0v) is 13.3. The second-order valence-electron chi connectivity index (χ2n) is 5.95. The lowest BCUT2D eigenvalue weighted by molar-refractivity contribution is -0.0959. The van der Waals surface area contributed by atoms with Crippen molar-refractivity contribution in [2.24, 2.45) is 0 Å². The number of rotatable bonds is 1. The summed E-state index contributed by atoms with van der Waals surface area (Å²) in [6, 6.07) is 4.53. The van der Waals surface area contributed by atoms with E-state index in [2.05, 4.69) is 23.5 Å². The molecule has 2 aromatic heterocycles. The van der Waals surface area contributed by atoms with E-state index in [-0.39, 0.29) is 11.6 Å². The van der Waals surface area contributed by atoms with Crippen LogP contribution in [0.25, 0.3) is 0 Å². The number of thiophene rings is 1. The van der Waals surface area contributed by atoms with Crippen molar-refractivity contribution >= 4 is 22.9 Å². The van der Waals surface area contributed by atoms with Crippen LogP contribution in [0.3, 0.4) is 0 Å². The van der Waals surface area contributed by atoms with Gasteiger partial charge in [0.05, 0.1) is 17.0 Å². The normalized spacial score (nSPS) is 32.3. The molecule has 3 atom stereocenters. The van der Waals surface area contributed by atoms with Gasteiger partial charge in [-0.2, -0.15) is 0 Å². The Morgan fingerprint density at radius 3 is 3.19 bits per heavy atom. The van der Waals surface area contributed by atoms with Crippen LogP contribution in [0.2, 0.25) is 4.34 Å². The molecule has 0 aromatic carbocycles. The average Bonchev–Trinajstić information content (AvgIpc) is 3.07. The minimum Gasteiger partial charge on any atom is -0.369 e. The number of hydrogen-bond acceptors (Lipinski definition) is 5. The van der Waals surface area contributed by atoms with E-state index >= 15 is 0 Å². The molecule has 112 valence electrons. The van der Waals surface area contributed by atoms with Gasteiger partial charge in [0.25, 0.3) is 0 Å². The maximum atomic E-state index is 6.30. The fraction of sp³-hybridized carbons (Fsp3) is 0.533. The van der Waals surface area contributed by atoms with Crippen LogP contribution in [0.5, 0.6) is 0 Å². The largest absolute Gasteiger partial charge is 0.369 e. The van der Waals surface area contributed by atoms with Crippen molar-refractivity contribution < 1.29 is 9.26 Å². The zero-order chi connectivity index (χ0) is 14.4. The van der Waals surface area contributed by atoms with Crippen molar-refractivity contribution in [3.05, 3.63) is 38.9 Å². The Bertz CT molecular complexity index is 642. The Hall–Kier alpha value is -0.880. The molecule has 4 heterocycles. The van der Waals surface area contributed by atoms with E-state index in [1.807, 2.05) is 6.07 Å². The molecule has 21 heavy (non-hydrogen) atoms. The number of aromatic nitrogens is 1. The van der Waals surface area contributed by atoms with E-state index in [4.69, 9.17) is 20.9 Å². The summed E-state index contributed by atoms with van der Waals surface area (Å²) in [7, 11) is 0. The number of ether oxygens (including phenoxy) is 1.